The SMILES string of the molecule is CC[C@H]1CC[C@H](N(Cc2cc(-c3cc(C)nc(C)c3)ccc2OC)C(=O)c2sc3ccccc3c2Cl)CC1. The predicted octanol–water partition coefficient (Wildman–Crippen LogP) is 8.85. The summed E-state index contributed by atoms with van der Waals surface area (Å²) in [6, 6.07) is 18.6. The number of benzene rings is 2. The molecule has 4 aromatic rings. The molecule has 0 saturated heterocycles. The zero-order chi connectivity index (χ0) is 26.8. The molecule has 0 bridgehead atoms. The van der Waals surface area contributed by atoms with Crippen molar-refractivity contribution in [2.24, 2.45) is 5.92 Å². The first-order valence-corrected chi connectivity index (χ1v) is 14.7. The van der Waals surface area contributed by atoms with E-state index < -0.39 is 0 Å². The number of rotatable bonds is 7. The predicted molar refractivity (Wildman–Crippen MR) is 158 cm³/mol. The van der Waals surface area contributed by atoms with Gasteiger partial charge in [0.2, 0.25) is 0 Å². The Bertz CT molecular complexity index is 1440. The van der Waals surface area contributed by atoms with Crippen molar-refractivity contribution in [1.29, 1.82) is 0 Å². The van der Waals surface area contributed by atoms with E-state index in [4.69, 9.17) is 16.3 Å². The fourth-order valence-electron chi connectivity index (χ4n) is 5.78. The quantitative estimate of drug-likeness (QED) is 0.232. The summed E-state index contributed by atoms with van der Waals surface area (Å²) < 4.78 is 6.83. The molecule has 1 aliphatic rings. The molecule has 0 aliphatic heterocycles. The van der Waals surface area contributed by atoms with Gasteiger partial charge < -0.3 is 9.64 Å². The number of hydrogen-bond acceptors (Lipinski definition) is 4. The summed E-state index contributed by atoms with van der Waals surface area (Å²) in [4.78, 5) is 21.5. The van der Waals surface area contributed by atoms with Gasteiger partial charge in [0.1, 0.15) is 10.6 Å². The first-order chi connectivity index (χ1) is 18.4. The molecule has 38 heavy (non-hydrogen) atoms. The molecule has 198 valence electrons. The molecule has 1 aliphatic carbocycles. The Balaban J connectivity index is 1.54. The first kappa shape index (κ1) is 26.7. The van der Waals surface area contributed by atoms with Crippen LogP contribution in [0.1, 0.15) is 65.7 Å². The van der Waals surface area contributed by atoms with Gasteiger partial charge in [0, 0.05) is 39.6 Å². The fourth-order valence-corrected chi connectivity index (χ4v) is 7.25. The van der Waals surface area contributed by atoms with Crippen LogP contribution in [0.5, 0.6) is 5.75 Å². The van der Waals surface area contributed by atoms with E-state index >= 15 is 0 Å². The van der Waals surface area contributed by atoms with Crippen LogP contribution in [-0.4, -0.2) is 28.9 Å². The fraction of sp³-hybridized carbons (Fsp3) is 0.375. The standard InChI is InChI=1S/C32H35ClN2O2S/c1-5-22-10-13-26(14-11-22)35(32(36)31-30(33)27-8-6-7-9-29(27)38-31)19-25-18-23(12-15-28(25)37-4)24-16-20(2)34-21(3)17-24/h6-9,12,15-18,22,26H,5,10-11,13-14,19H2,1-4H3/t22-,26-. The summed E-state index contributed by atoms with van der Waals surface area (Å²) >= 11 is 8.30. The van der Waals surface area contributed by atoms with Crippen LogP contribution in [0.15, 0.2) is 54.6 Å². The lowest BCUT2D eigenvalue weighted by Gasteiger charge is -2.37. The van der Waals surface area contributed by atoms with Gasteiger partial charge in [-0.25, -0.2) is 0 Å². The van der Waals surface area contributed by atoms with E-state index in [9.17, 15) is 4.79 Å². The van der Waals surface area contributed by atoms with Crippen LogP contribution >= 0.6 is 22.9 Å². The second-order valence-electron chi connectivity index (χ2n) is 10.4. The average molecular weight is 547 g/mol. The van der Waals surface area contributed by atoms with Crippen molar-refractivity contribution < 1.29 is 9.53 Å². The lowest BCUT2D eigenvalue weighted by molar-refractivity contribution is 0.0591. The number of aromatic nitrogens is 1. The molecular formula is C32H35ClN2O2S. The van der Waals surface area contributed by atoms with Gasteiger partial charge in [-0.1, -0.05) is 49.2 Å². The third-order valence-electron chi connectivity index (χ3n) is 7.86. The molecule has 2 aromatic heterocycles. The number of fused-ring (bicyclic) bond motifs is 1. The van der Waals surface area contributed by atoms with Crippen molar-refractivity contribution in [3.63, 3.8) is 0 Å². The number of hydrogen-bond donors (Lipinski definition) is 0. The van der Waals surface area contributed by atoms with Gasteiger partial charge in [-0.05, 0) is 86.9 Å². The molecule has 0 N–H and O–H groups in total. The summed E-state index contributed by atoms with van der Waals surface area (Å²) in [5.74, 6) is 1.55. The summed E-state index contributed by atoms with van der Waals surface area (Å²) in [6.45, 7) is 6.78. The maximum absolute atomic E-state index is 14.2. The van der Waals surface area contributed by atoms with Crippen LogP contribution < -0.4 is 4.74 Å². The van der Waals surface area contributed by atoms with E-state index in [1.807, 2.05) is 44.2 Å². The molecule has 1 fully saturated rings. The first-order valence-electron chi connectivity index (χ1n) is 13.5. The van der Waals surface area contributed by atoms with E-state index in [0.29, 0.717) is 16.4 Å². The molecule has 4 nitrogen and oxygen atoms in total. The zero-order valence-electron chi connectivity index (χ0n) is 22.6. The normalized spacial score (nSPS) is 17.5. The molecule has 2 heterocycles. The van der Waals surface area contributed by atoms with Crippen molar-refractivity contribution in [2.75, 3.05) is 7.11 Å². The van der Waals surface area contributed by atoms with Gasteiger partial charge in [0.25, 0.3) is 5.91 Å². The number of methoxy groups -OCH3 is 1. The molecule has 5 rings (SSSR count). The van der Waals surface area contributed by atoms with E-state index in [1.54, 1.807) is 7.11 Å². The molecule has 1 saturated carbocycles. The third kappa shape index (κ3) is 5.45. The smallest absolute Gasteiger partial charge is 0.266 e. The lowest BCUT2D eigenvalue weighted by atomic mass is 9.83. The Kier molecular flexibility index (Phi) is 8.06. The number of thiophene rings is 1. The molecular weight excluding hydrogens is 512 g/mol. The number of halogens is 1. The summed E-state index contributed by atoms with van der Waals surface area (Å²) in [6.07, 6.45) is 5.52. The topological polar surface area (TPSA) is 42.4 Å². The van der Waals surface area contributed by atoms with Crippen molar-refractivity contribution in [3.8, 4) is 16.9 Å². The van der Waals surface area contributed by atoms with Crippen LogP contribution in [0.2, 0.25) is 5.02 Å². The van der Waals surface area contributed by atoms with E-state index in [1.165, 1.54) is 17.8 Å². The average Bonchev–Trinajstić information content (AvgIpc) is 3.27. The third-order valence-corrected chi connectivity index (χ3v) is 9.52. The Morgan fingerprint density at radius 2 is 1.74 bits per heavy atom. The molecule has 0 radical (unpaired) electrons. The van der Waals surface area contributed by atoms with Crippen LogP contribution in [0.3, 0.4) is 0 Å². The molecule has 0 spiro atoms. The van der Waals surface area contributed by atoms with E-state index in [0.717, 1.165) is 75.5 Å². The van der Waals surface area contributed by atoms with Gasteiger partial charge in [0.15, 0.2) is 0 Å². The highest BCUT2D eigenvalue weighted by Gasteiger charge is 2.32. The number of aryl methyl sites for hydroxylation is 2. The molecule has 0 atom stereocenters. The summed E-state index contributed by atoms with van der Waals surface area (Å²) in [5.41, 5.74) is 5.19. The van der Waals surface area contributed by atoms with Crippen molar-refractivity contribution >= 4 is 38.9 Å². The number of ether oxygens (including phenoxy) is 1. The Morgan fingerprint density at radius 3 is 2.39 bits per heavy atom. The summed E-state index contributed by atoms with van der Waals surface area (Å²) in [5, 5.41) is 1.51. The largest absolute Gasteiger partial charge is 0.496 e. The van der Waals surface area contributed by atoms with Gasteiger partial charge in [-0.2, -0.15) is 0 Å². The summed E-state index contributed by atoms with van der Waals surface area (Å²) in [7, 11) is 1.70. The highest BCUT2D eigenvalue weighted by atomic mass is 35.5. The molecule has 1 amide bonds. The van der Waals surface area contributed by atoms with E-state index in [-0.39, 0.29) is 11.9 Å². The Labute approximate surface area is 234 Å². The second kappa shape index (κ2) is 11.5. The maximum Gasteiger partial charge on any atom is 0.266 e. The number of carbonyl (C=O) groups excluding carboxylic acids is 1. The minimum Gasteiger partial charge on any atom is -0.496 e. The zero-order valence-corrected chi connectivity index (χ0v) is 24.2. The van der Waals surface area contributed by atoms with Crippen molar-refractivity contribution in [1.82, 2.24) is 9.88 Å². The number of pyridine rings is 1. The lowest BCUT2D eigenvalue weighted by Crippen LogP contribution is -2.41. The van der Waals surface area contributed by atoms with Gasteiger partial charge in [-0.3, -0.25) is 9.78 Å². The highest BCUT2D eigenvalue weighted by Crippen LogP contribution is 2.39. The molecule has 2 aromatic carbocycles. The van der Waals surface area contributed by atoms with Gasteiger partial charge in [-0.15, -0.1) is 11.3 Å². The highest BCUT2D eigenvalue weighted by molar-refractivity contribution is 7.21. The number of nitrogens with zero attached hydrogens (tertiary/aromatic N) is 2. The second-order valence-corrected chi connectivity index (χ2v) is 11.9. The number of carbonyl (C=O) groups is 1. The minimum absolute atomic E-state index is 0.0132. The van der Waals surface area contributed by atoms with Crippen molar-refractivity contribution in [3.05, 3.63) is 81.4 Å². The van der Waals surface area contributed by atoms with Crippen LogP contribution in [0.25, 0.3) is 21.2 Å². The van der Waals surface area contributed by atoms with E-state index in [2.05, 4.69) is 41.1 Å². The van der Waals surface area contributed by atoms with Crippen LogP contribution in [0, 0.1) is 19.8 Å². The molecule has 0 unspecified atom stereocenters. The van der Waals surface area contributed by atoms with Crippen LogP contribution in [0.4, 0.5) is 0 Å². The van der Waals surface area contributed by atoms with Gasteiger partial charge in [0.05, 0.1) is 12.1 Å². The van der Waals surface area contributed by atoms with Crippen LogP contribution in [-0.2, 0) is 6.54 Å². The monoisotopic (exact) mass is 546 g/mol. The molecule has 6 heteroatoms. The Hall–Kier alpha value is -2.89. The van der Waals surface area contributed by atoms with Crippen molar-refractivity contribution in [2.45, 2.75) is 65.5 Å². The minimum atomic E-state index is 0.0132. The maximum atomic E-state index is 14.2. The van der Waals surface area contributed by atoms with Gasteiger partial charge >= 0.3 is 0 Å². The number of amides is 1. The Morgan fingerprint density at radius 1 is 1.03 bits per heavy atom.